The highest BCUT2D eigenvalue weighted by Crippen LogP contribution is 2.38. The van der Waals surface area contributed by atoms with Gasteiger partial charge in [0.25, 0.3) is 5.56 Å². The molecule has 2 aromatic carbocycles. The first-order valence-electron chi connectivity index (χ1n) is 8.70. The first-order valence-corrected chi connectivity index (χ1v) is 8.70. The molecule has 4 rings (SSSR count). The van der Waals surface area contributed by atoms with Crippen molar-refractivity contribution in [3.63, 3.8) is 0 Å². The van der Waals surface area contributed by atoms with E-state index in [-0.39, 0.29) is 29.6 Å². The largest absolute Gasteiger partial charge is 0.478 e. The molecule has 3 aromatic rings. The molecule has 0 spiro atoms. The van der Waals surface area contributed by atoms with Crippen molar-refractivity contribution in [2.75, 3.05) is 11.9 Å². The summed E-state index contributed by atoms with van der Waals surface area (Å²) in [6.45, 7) is -0.306. The van der Waals surface area contributed by atoms with Crippen molar-refractivity contribution in [3.8, 4) is 0 Å². The molecule has 3 N–H and O–H groups in total. The number of aromatic amines is 1. The van der Waals surface area contributed by atoms with Crippen LogP contribution in [-0.4, -0.2) is 33.2 Å². The lowest BCUT2D eigenvalue weighted by Gasteiger charge is -2.28. The van der Waals surface area contributed by atoms with Crippen LogP contribution >= 0.6 is 0 Å². The van der Waals surface area contributed by atoms with Gasteiger partial charge < -0.3 is 20.1 Å². The number of hydrogen-bond acceptors (Lipinski definition) is 5. The van der Waals surface area contributed by atoms with E-state index in [0.29, 0.717) is 10.9 Å². The molecule has 1 heterocycles. The lowest BCUT2D eigenvalue weighted by Crippen LogP contribution is -2.22. The van der Waals surface area contributed by atoms with Gasteiger partial charge in [-0.05, 0) is 60.4 Å². The van der Waals surface area contributed by atoms with E-state index in [1.165, 1.54) is 0 Å². The Labute approximate surface area is 154 Å². The molecule has 1 atom stereocenters. The Morgan fingerprint density at radius 1 is 1.30 bits per heavy atom. The number of carboxylic acid groups (broad SMARTS) is 1. The topological polar surface area (TPSA) is 107 Å². The van der Waals surface area contributed by atoms with Crippen LogP contribution in [0, 0.1) is 0 Å². The molecule has 27 heavy (non-hydrogen) atoms. The molecule has 1 aromatic heterocycles. The Balaban J connectivity index is 1.73. The molecule has 0 fully saturated rings. The lowest BCUT2D eigenvalue weighted by molar-refractivity contribution is 0.0697. The van der Waals surface area contributed by atoms with Gasteiger partial charge in [0.15, 0.2) is 0 Å². The highest BCUT2D eigenvalue weighted by Gasteiger charge is 2.27. The Morgan fingerprint density at radius 2 is 2.04 bits per heavy atom. The second kappa shape index (κ2) is 6.51. The Hall–Kier alpha value is -3.19. The predicted molar refractivity (Wildman–Crippen MR) is 101 cm³/mol. The summed E-state index contributed by atoms with van der Waals surface area (Å²) < 4.78 is 0. The molecule has 0 saturated heterocycles. The van der Waals surface area contributed by atoms with Crippen LogP contribution in [-0.2, 0) is 13.0 Å². The first kappa shape index (κ1) is 17.2. The van der Waals surface area contributed by atoms with E-state index in [0.717, 1.165) is 29.7 Å². The van der Waals surface area contributed by atoms with Gasteiger partial charge in [-0.25, -0.2) is 9.78 Å². The van der Waals surface area contributed by atoms with E-state index in [9.17, 15) is 14.7 Å². The number of aromatic nitrogens is 2. The summed E-state index contributed by atoms with van der Waals surface area (Å²) >= 11 is 0. The zero-order valence-electron chi connectivity index (χ0n) is 14.8. The highest BCUT2D eigenvalue weighted by atomic mass is 16.4. The Bertz CT molecular complexity index is 1090. The van der Waals surface area contributed by atoms with Gasteiger partial charge in [-0.1, -0.05) is 0 Å². The molecule has 1 aliphatic rings. The van der Waals surface area contributed by atoms with E-state index >= 15 is 0 Å². The Kier molecular flexibility index (Phi) is 4.16. The van der Waals surface area contributed by atoms with E-state index < -0.39 is 5.97 Å². The summed E-state index contributed by atoms with van der Waals surface area (Å²) in [5.41, 5.74) is 3.73. The number of aryl methyl sites for hydroxylation is 1. The molecular weight excluding hydrogens is 346 g/mol. The maximum Gasteiger partial charge on any atom is 0.335 e. The van der Waals surface area contributed by atoms with Crippen LogP contribution in [0.1, 0.15) is 39.8 Å². The number of nitrogens with zero attached hydrogens (tertiary/aromatic N) is 2. The van der Waals surface area contributed by atoms with Gasteiger partial charge in [-0.2, -0.15) is 0 Å². The summed E-state index contributed by atoms with van der Waals surface area (Å²) in [4.78, 5) is 32.4. The molecule has 7 heteroatoms. The maximum absolute atomic E-state index is 12.3. The number of carboxylic acids is 1. The van der Waals surface area contributed by atoms with Crippen molar-refractivity contribution in [2.45, 2.75) is 25.5 Å². The molecule has 7 nitrogen and oxygen atoms in total. The number of aliphatic hydroxyl groups is 1. The van der Waals surface area contributed by atoms with Crippen molar-refractivity contribution in [1.82, 2.24) is 9.97 Å². The molecule has 0 amide bonds. The van der Waals surface area contributed by atoms with Gasteiger partial charge in [0, 0.05) is 12.7 Å². The lowest BCUT2D eigenvalue weighted by atomic mass is 10.0. The minimum Gasteiger partial charge on any atom is -0.478 e. The molecule has 0 radical (unpaired) electrons. The molecule has 1 unspecified atom stereocenters. The van der Waals surface area contributed by atoms with E-state index in [4.69, 9.17) is 5.11 Å². The van der Waals surface area contributed by atoms with Gasteiger partial charge >= 0.3 is 5.97 Å². The third-order valence-electron chi connectivity index (χ3n) is 5.20. The standard InChI is InChI=1S/C20H19N3O4/c1-23(13-5-2-11(3-6-13)20(26)27)17-7-4-12-8-16-15(9-14(12)17)19(25)22-18(10-24)21-16/h2-3,5-6,8-9,17,24H,4,7,10H2,1H3,(H,26,27)(H,21,22,25). The van der Waals surface area contributed by atoms with Crippen molar-refractivity contribution in [2.24, 2.45) is 0 Å². The van der Waals surface area contributed by atoms with Crippen LogP contribution in [0.4, 0.5) is 5.69 Å². The average Bonchev–Trinajstić information content (AvgIpc) is 3.08. The number of carbonyl (C=O) groups is 1. The van der Waals surface area contributed by atoms with Crippen LogP contribution in [0.15, 0.2) is 41.2 Å². The summed E-state index contributed by atoms with van der Waals surface area (Å²) in [6.07, 6.45) is 1.77. The van der Waals surface area contributed by atoms with E-state index in [2.05, 4.69) is 14.9 Å². The van der Waals surface area contributed by atoms with Crippen molar-refractivity contribution < 1.29 is 15.0 Å². The maximum atomic E-state index is 12.3. The number of benzene rings is 2. The van der Waals surface area contributed by atoms with E-state index in [1.807, 2.05) is 19.2 Å². The molecule has 1 aliphatic carbocycles. The minimum absolute atomic E-state index is 0.0944. The fourth-order valence-electron chi connectivity index (χ4n) is 3.77. The number of nitrogens with one attached hydrogen (secondary N) is 1. The number of aromatic carboxylic acids is 1. The fraction of sp³-hybridized carbons (Fsp3) is 0.250. The number of anilines is 1. The monoisotopic (exact) mass is 365 g/mol. The number of fused-ring (bicyclic) bond motifs is 2. The van der Waals surface area contributed by atoms with Crippen LogP contribution in [0.5, 0.6) is 0 Å². The summed E-state index contributed by atoms with van der Waals surface area (Å²) in [6, 6.07) is 10.7. The zero-order valence-corrected chi connectivity index (χ0v) is 14.8. The number of rotatable bonds is 4. The van der Waals surface area contributed by atoms with Gasteiger partial charge in [-0.15, -0.1) is 0 Å². The van der Waals surface area contributed by atoms with Crippen LogP contribution < -0.4 is 10.5 Å². The van der Waals surface area contributed by atoms with Gasteiger partial charge in [0.05, 0.1) is 22.5 Å². The van der Waals surface area contributed by atoms with Gasteiger partial charge in [0.2, 0.25) is 0 Å². The normalized spacial score (nSPS) is 15.7. The molecule has 0 saturated carbocycles. The second-order valence-electron chi connectivity index (χ2n) is 6.76. The quantitative estimate of drug-likeness (QED) is 0.655. The van der Waals surface area contributed by atoms with Gasteiger partial charge in [-0.3, -0.25) is 4.79 Å². The molecule has 0 bridgehead atoms. The number of aliphatic hydroxyl groups excluding tert-OH is 1. The summed E-state index contributed by atoms with van der Waals surface area (Å²) in [5, 5.41) is 18.8. The number of H-pyrrole nitrogens is 1. The predicted octanol–water partition coefficient (Wildman–Crippen LogP) is 2.24. The smallest absolute Gasteiger partial charge is 0.335 e. The minimum atomic E-state index is -0.948. The summed E-state index contributed by atoms with van der Waals surface area (Å²) in [7, 11) is 1.97. The third-order valence-corrected chi connectivity index (χ3v) is 5.20. The summed E-state index contributed by atoms with van der Waals surface area (Å²) in [5.74, 6) is -0.687. The third kappa shape index (κ3) is 2.96. The van der Waals surface area contributed by atoms with Crippen molar-refractivity contribution in [3.05, 3.63) is 69.3 Å². The molecule has 0 aliphatic heterocycles. The van der Waals surface area contributed by atoms with Gasteiger partial charge in [0.1, 0.15) is 12.4 Å². The van der Waals surface area contributed by atoms with Crippen LogP contribution in [0.25, 0.3) is 10.9 Å². The average molecular weight is 365 g/mol. The highest BCUT2D eigenvalue weighted by molar-refractivity contribution is 5.88. The fourth-order valence-corrected chi connectivity index (χ4v) is 3.77. The van der Waals surface area contributed by atoms with Crippen LogP contribution in [0.2, 0.25) is 0 Å². The first-order chi connectivity index (χ1) is 13.0. The number of hydrogen-bond donors (Lipinski definition) is 3. The van der Waals surface area contributed by atoms with Crippen LogP contribution in [0.3, 0.4) is 0 Å². The molecule has 138 valence electrons. The van der Waals surface area contributed by atoms with Crippen molar-refractivity contribution in [1.29, 1.82) is 0 Å². The Morgan fingerprint density at radius 3 is 2.70 bits per heavy atom. The zero-order chi connectivity index (χ0) is 19.1. The molecular formula is C20H19N3O4. The van der Waals surface area contributed by atoms with E-state index in [1.54, 1.807) is 24.3 Å². The van der Waals surface area contributed by atoms with Crippen molar-refractivity contribution >= 4 is 22.6 Å². The second-order valence-corrected chi connectivity index (χ2v) is 6.76. The SMILES string of the molecule is CN(c1ccc(C(=O)O)cc1)C1CCc2cc3nc(CO)[nH]c(=O)c3cc21.